The van der Waals surface area contributed by atoms with Gasteiger partial charge < -0.3 is 4.74 Å². The highest BCUT2D eigenvalue weighted by Crippen LogP contribution is 2.35. The Morgan fingerprint density at radius 2 is 2.10 bits per heavy atom. The molecule has 1 aliphatic carbocycles. The molecule has 0 spiro atoms. The minimum Gasteiger partial charge on any atom is -0.364 e. The molecule has 58 valence electrons. The van der Waals surface area contributed by atoms with E-state index in [1.54, 1.807) is 0 Å². The van der Waals surface area contributed by atoms with Gasteiger partial charge in [0, 0.05) is 6.04 Å². The van der Waals surface area contributed by atoms with Gasteiger partial charge in [0.1, 0.15) is 6.23 Å². The predicted octanol–water partition coefficient (Wildman–Crippen LogP) is 1.12. The highest BCUT2D eigenvalue weighted by Gasteiger charge is 2.33. The van der Waals surface area contributed by atoms with Crippen molar-refractivity contribution in [1.29, 1.82) is 0 Å². The average molecular weight is 141 g/mol. The van der Waals surface area contributed by atoms with Gasteiger partial charge in [0.05, 0.1) is 6.61 Å². The van der Waals surface area contributed by atoms with Crippen molar-refractivity contribution in [2.45, 2.75) is 38.5 Å². The molecule has 2 aliphatic rings. The molecule has 0 aromatic carbocycles. The molecule has 1 heterocycles. The second kappa shape index (κ2) is 2.51. The highest BCUT2D eigenvalue weighted by molar-refractivity contribution is 4.87. The fourth-order valence-electron chi connectivity index (χ4n) is 1.68. The quantitative estimate of drug-likeness (QED) is 0.591. The van der Waals surface area contributed by atoms with Crippen molar-refractivity contribution >= 4 is 0 Å². The third-order valence-electron chi connectivity index (χ3n) is 2.44. The van der Waals surface area contributed by atoms with Gasteiger partial charge >= 0.3 is 0 Å². The van der Waals surface area contributed by atoms with Crippen molar-refractivity contribution in [3.05, 3.63) is 0 Å². The van der Waals surface area contributed by atoms with Crippen LogP contribution in [0.15, 0.2) is 0 Å². The molecule has 1 N–H and O–H groups in total. The maximum Gasteiger partial charge on any atom is 0.105 e. The summed E-state index contributed by atoms with van der Waals surface area (Å²) in [5.41, 5.74) is 0. The molecule has 1 saturated carbocycles. The lowest BCUT2D eigenvalue weighted by atomic mass is 10.1. The van der Waals surface area contributed by atoms with E-state index in [0.717, 1.165) is 18.6 Å². The van der Waals surface area contributed by atoms with Crippen molar-refractivity contribution in [2.24, 2.45) is 5.92 Å². The van der Waals surface area contributed by atoms with Gasteiger partial charge in [-0.25, -0.2) is 0 Å². The zero-order valence-electron chi connectivity index (χ0n) is 6.47. The van der Waals surface area contributed by atoms with Crippen molar-refractivity contribution in [3.63, 3.8) is 0 Å². The lowest BCUT2D eigenvalue weighted by Gasteiger charge is -2.28. The van der Waals surface area contributed by atoms with E-state index < -0.39 is 0 Å². The summed E-state index contributed by atoms with van der Waals surface area (Å²) in [6.45, 7) is 3.05. The number of hydrogen-bond acceptors (Lipinski definition) is 2. The molecule has 0 aromatic rings. The average Bonchev–Trinajstić information content (AvgIpc) is 2.68. The van der Waals surface area contributed by atoms with Crippen molar-refractivity contribution in [1.82, 2.24) is 5.32 Å². The van der Waals surface area contributed by atoms with Crippen LogP contribution in [0.4, 0.5) is 0 Å². The van der Waals surface area contributed by atoms with Crippen molar-refractivity contribution in [3.8, 4) is 0 Å². The van der Waals surface area contributed by atoms with Crippen LogP contribution in [0.3, 0.4) is 0 Å². The van der Waals surface area contributed by atoms with E-state index in [1.165, 1.54) is 19.3 Å². The molecule has 1 saturated heterocycles. The smallest absolute Gasteiger partial charge is 0.105 e. The summed E-state index contributed by atoms with van der Waals surface area (Å²) in [7, 11) is 0. The Morgan fingerprint density at radius 3 is 2.70 bits per heavy atom. The normalized spacial score (nSPS) is 41.7. The van der Waals surface area contributed by atoms with Crippen molar-refractivity contribution < 1.29 is 4.74 Å². The van der Waals surface area contributed by atoms with Crippen LogP contribution >= 0.6 is 0 Å². The monoisotopic (exact) mass is 141 g/mol. The van der Waals surface area contributed by atoms with E-state index in [1.807, 2.05) is 0 Å². The number of nitrogens with one attached hydrogen (secondary N) is 1. The van der Waals surface area contributed by atoms with Crippen LogP contribution in [-0.4, -0.2) is 18.9 Å². The molecular formula is C8H15NO. The maximum absolute atomic E-state index is 5.37. The first kappa shape index (κ1) is 6.62. The van der Waals surface area contributed by atoms with Gasteiger partial charge in [0.25, 0.3) is 0 Å². The lowest BCUT2D eigenvalue weighted by Crippen LogP contribution is -2.44. The standard InChI is InChI=1S/C8H15NO/c1-6-9-8(4-5-10-6)7-2-3-7/h6-9H,2-5H2,1H3. The summed E-state index contributed by atoms with van der Waals surface area (Å²) in [5, 5.41) is 3.46. The van der Waals surface area contributed by atoms with Crippen LogP contribution in [0.1, 0.15) is 26.2 Å². The number of ether oxygens (including phenoxy) is 1. The van der Waals surface area contributed by atoms with Gasteiger partial charge in [0.15, 0.2) is 0 Å². The van der Waals surface area contributed by atoms with Gasteiger partial charge in [0.2, 0.25) is 0 Å². The van der Waals surface area contributed by atoms with E-state index in [2.05, 4.69) is 12.2 Å². The predicted molar refractivity (Wildman–Crippen MR) is 39.7 cm³/mol. The Bertz CT molecular complexity index is 122. The van der Waals surface area contributed by atoms with Gasteiger partial charge in [-0.1, -0.05) is 0 Å². The molecule has 1 aliphatic heterocycles. The summed E-state index contributed by atoms with van der Waals surface area (Å²) in [5.74, 6) is 0.978. The largest absolute Gasteiger partial charge is 0.364 e. The first-order chi connectivity index (χ1) is 4.86. The topological polar surface area (TPSA) is 21.3 Å². The molecule has 0 bridgehead atoms. The Labute approximate surface area is 61.9 Å². The van der Waals surface area contributed by atoms with E-state index in [-0.39, 0.29) is 0 Å². The molecule has 2 unspecified atom stereocenters. The minimum atomic E-state index is 0.291. The summed E-state index contributed by atoms with van der Waals surface area (Å²) in [4.78, 5) is 0. The Morgan fingerprint density at radius 1 is 1.30 bits per heavy atom. The molecule has 2 fully saturated rings. The van der Waals surface area contributed by atoms with Gasteiger partial charge in [-0.05, 0) is 32.1 Å². The maximum atomic E-state index is 5.37. The Hall–Kier alpha value is -0.0800. The third-order valence-corrected chi connectivity index (χ3v) is 2.44. The minimum absolute atomic E-state index is 0.291. The fourth-order valence-corrected chi connectivity index (χ4v) is 1.68. The van der Waals surface area contributed by atoms with Crippen LogP contribution in [0.2, 0.25) is 0 Å². The van der Waals surface area contributed by atoms with Crippen LogP contribution < -0.4 is 5.32 Å². The van der Waals surface area contributed by atoms with Gasteiger partial charge in [-0.3, -0.25) is 5.32 Å². The van der Waals surface area contributed by atoms with Crippen LogP contribution in [0.5, 0.6) is 0 Å². The van der Waals surface area contributed by atoms with E-state index >= 15 is 0 Å². The third kappa shape index (κ3) is 1.32. The number of hydrogen-bond donors (Lipinski definition) is 1. The van der Waals surface area contributed by atoms with Crippen molar-refractivity contribution in [2.75, 3.05) is 6.61 Å². The first-order valence-electron chi connectivity index (χ1n) is 4.24. The fraction of sp³-hybridized carbons (Fsp3) is 1.00. The van der Waals surface area contributed by atoms with Crippen LogP contribution in [0.25, 0.3) is 0 Å². The van der Waals surface area contributed by atoms with Gasteiger partial charge in [-0.15, -0.1) is 0 Å². The van der Waals surface area contributed by atoms with Gasteiger partial charge in [-0.2, -0.15) is 0 Å². The molecule has 2 atom stereocenters. The molecule has 2 heteroatoms. The molecule has 0 aromatic heterocycles. The molecular weight excluding hydrogens is 126 g/mol. The van der Waals surface area contributed by atoms with Crippen LogP contribution in [-0.2, 0) is 4.74 Å². The second-order valence-electron chi connectivity index (χ2n) is 3.41. The molecule has 0 radical (unpaired) electrons. The first-order valence-corrected chi connectivity index (χ1v) is 4.24. The molecule has 2 rings (SSSR count). The Balaban J connectivity index is 1.84. The summed E-state index contributed by atoms with van der Waals surface area (Å²) >= 11 is 0. The zero-order chi connectivity index (χ0) is 6.97. The SMILES string of the molecule is CC1NC(C2CC2)CCO1. The summed E-state index contributed by atoms with van der Waals surface area (Å²) < 4.78 is 5.37. The summed E-state index contributed by atoms with van der Waals surface area (Å²) in [6, 6.07) is 0.767. The van der Waals surface area contributed by atoms with E-state index in [4.69, 9.17) is 4.74 Å². The van der Waals surface area contributed by atoms with Crippen LogP contribution in [0, 0.1) is 5.92 Å². The highest BCUT2D eigenvalue weighted by atomic mass is 16.5. The molecule has 10 heavy (non-hydrogen) atoms. The number of rotatable bonds is 1. The molecule has 2 nitrogen and oxygen atoms in total. The summed E-state index contributed by atoms with van der Waals surface area (Å²) in [6.07, 6.45) is 4.38. The molecule has 0 amide bonds. The van der Waals surface area contributed by atoms with E-state index in [0.29, 0.717) is 6.23 Å². The van der Waals surface area contributed by atoms with E-state index in [9.17, 15) is 0 Å². The lowest BCUT2D eigenvalue weighted by molar-refractivity contribution is -0.0101. The zero-order valence-corrected chi connectivity index (χ0v) is 6.47. The second-order valence-corrected chi connectivity index (χ2v) is 3.41. The Kier molecular flexibility index (Phi) is 1.66.